The molecule has 0 aliphatic carbocycles. The van der Waals surface area contributed by atoms with Gasteiger partial charge >= 0.3 is 0 Å². The van der Waals surface area contributed by atoms with E-state index in [1.807, 2.05) is 60.7 Å². The molecule has 0 aliphatic heterocycles. The first kappa shape index (κ1) is 24.5. The quantitative estimate of drug-likeness (QED) is 0.182. The molecule has 3 rings (SSSR count). The molecular weight excluding hydrogens is 407 g/mol. The van der Waals surface area contributed by atoms with Crippen molar-refractivity contribution < 1.29 is 4.57 Å². The molecule has 0 bridgehead atoms. The van der Waals surface area contributed by atoms with E-state index in [1.54, 1.807) is 0 Å². The van der Waals surface area contributed by atoms with Crippen LogP contribution in [0.3, 0.4) is 0 Å². The minimum atomic E-state index is -2.85. The normalized spacial score (nSPS) is 11.5. The molecule has 0 unspecified atom stereocenters. The van der Waals surface area contributed by atoms with Crippen LogP contribution in [0.5, 0.6) is 0 Å². The van der Waals surface area contributed by atoms with Crippen LogP contribution in [0.4, 0.5) is 0 Å². The van der Waals surface area contributed by atoms with Crippen LogP contribution < -0.4 is 15.9 Å². The number of benzene rings is 3. The van der Waals surface area contributed by atoms with Crippen molar-refractivity contribution >= 4 is 23.1 Å². The summed E-state index contributed by atoms with van der Waals surface area (Å²) in [5.41, 5.74) is 1.35. The lowest BCUT2D eigenvalue weighted by atomic mass is 10.0. The lowest BCUT2D eigenvalue weighted by Gasteiger charge is -2.20. The SMILES string of the molecule is CCCCCCCCCCCCc1ccc(P(=O)(c2ccccc2)c2ccccc2)cc1. The van der Waals surface area contributed by atoms with Crippen LogP contribution in [-0.4, -0.2) is 0 Å². The largest absolute Gasteiger partial charge is 0.309 e. The summed E-state index contributed by atoms with van der Waals surface area (Å²) in [7, 11) is -2.85. The van der Waals surface area contributed by atoms with Crippen molar-refractivity contribution in [2.45, 2.75) is 77.6 Å². The van der Waals surface area contributed by atoms with Crippen molar-refractivity contribution in [1.29, 1.82) is 0 Å². The van der Waals surface area contributed by atoms with Gasteiger partial charge in [-0.1, -0.05) is 150 Å². The summed E-state index contributed by atoms with van der Waals surface area (Å²) in [5, 5.41) is 2.71. The number of hydrogen-bond donors (Lipinski definition) is 0. The van der Waals surface area contributed by atoms with Gasteiger partial charge < -0.3 is 4.57 Å². The molecule has 0 aromatic heterocycles. The Hall–Kier alpha value is -2.11. The van der Waals surface area contributed by atoms with Crippen LogP contribution in [-0.2, 0) is 11.0 Å². The molecule has 170 valence electrons. The summed E-state index contributed by atoms with van der Waals surface area (Å²) in [6.45, 7) is 2.28. The van der Waals surface area contributed by atoms with E-state index in [1.165, 1.54) is 69.8 Å². The first-order valence-corrected chi connectivity index (χ1v) is 14.3. The number of unbranched alkanes of at least 4 members (excludes halogenated alkanes) is 9. The predicted octanol–water partition coefficient (Wildman–Crippen LogP) is 7.79. The molecule has 0 fully saturated rings. The fraction of sp³-hybridized carbons (Fsp3) is 0.400. The average molecular weight is 447 g/mol. The molecular formula is C30H39OP. The molecule has 2 heteroatoms. The van der Waals surface area contributed by atoms with Crippen molar-refractivity contribution in [3.63, 3.8) is 0 Å². The molecule has 0 spiro atoms. The van der Waals surface area contributed by atoms with E-state index in [2.05, 4.69) is 31.2 Å². The van der Waals surface area contributed by atoms with E-state index < -0.39 is 7.14 Å². The van der Waals surface area contributed by atoms with Gasteiger partial charge in [-0.25, -0.2) is 0 Å². The fourth-order valence-electron chi connectivity index (χ4n) is 4.41. The molecule has 0 saturated carbocycles. The second-order valence-corrected chi connectivity index (χ2v) is 11.6. The minimum absolute atomic E-state index is 0.897. The Balaban J connectivity index is 1.54. The van der Waals surface area contributed by atoms with E-state index in [0.717, 1.165) is 22.3 Å². The molecule has 3 aromatic carbocycles. The second kappa shape index (κ2) is 13.4. The van der Waals surface area contributed by atoms with Crippen LogP contribution in [0.2, 0.25) is 0 Å². The molecule has 0 amide bonds. The zero-order chi connectivity index (χ0) is 22.5. The van der Waals surface area contributed by atoms with Gasteiger partial charge in [0.25, 0.3) is 0 Å². The summed E-state index contributed by atoms with van der Waals surface area (Å²) in [6.07, 6.45) is 14.7. The van der Waals surface area contributed by atoms with Gasteiger partial charge in [-0.05, 0) is 18.4 Å². The van der Waals surface area contributed by atoms with Gasteiger partial charge in [0.05, 0.1) is 0 Å². The monoisotopic (exact) mass is 446 g/mol. The van der Waals surface area contributed by atoms with Crippen molar-refractivity contribution in [3.05, 3.63) is 90.5 Å². The molecule has 0 aliphatic rings. The Morgan fingerprint density at radius 2 is 0.906 bits per heavy atom. The Morgan fingerprint density at radius 3 is 1.38 bits per heavy atom. The Morgan fingerprint density at radius 1 is 0.500 bits per heavy atom. The van der Waals surface area contributed by atoms with Crippen LogP contribution in [0.25, 0.3) is 0 Å². The molecule has 0 atom stereocenters. The molecule has 0 saturated heterocycles. The van der Waals surface area contributed by atoms with Gasteiger partial charge in [0.2, 0.25) is 0 Å². The highest BCUT2D eigenvalue weighted by molar-refractivity contribution is 7.85. The minimum Gasteiger partial charge on any atom is -0.309 e. The number of aryl methyl sites for hydroxylation is 1. The standard InChI is InChI=1S/C30H39OP/c1-2-3-4-5-6-7-8-9-10-13-18-27-23-25-30(26-24-27)32(31,28-19-14-11-15-20-28)29-21-16-12-17-22-29/h11-12,14-17,19-26H,2-10,13,18H2,1H3. The summed E-state index contributed by atoms with van der Waals surface area (Å²) in [5.74, 6) is 0. The predicted molar refractivity (Wildman–Crippen MR) is 141 cm³/mol. The summed E-state index contributed by atoms with van der Waals surface area (Å²) in [4.78, 5) is 0. The third kappa shape index (κ3) is 6.94. The van der Waals surface area contributed by atoms with E-state index in [9.17, 15) is 4.57 Å². The highest BCUT2D eigenvalue weighted by atomic mass is 31.2. The zero-order valence-corrected chi connectivity index (χ0v) is 20.6. The van der Waals surface area contributed by atoms with Gasteiger partial charge in [0.1, 0.15) is 0 Å². The van der Waals surface area contributed by atoms with Gasteiger partial charge in [0, 0.05) is 15.9 Å². The van der Waals surface area contributed by atoms with Crippen molar-refractivity contribution in [2.24, 2.45) is 0 Å². The first-order chi connectivity index (χ1) is 15.7. The second-order valence-electron chi connectivity index (χ2n) is 8.88. The summed E-state index contributed by atoms with van der Waals surface area (Å²) in [6, 6.07) is 28.4. The molecule has 0 heterocycles. The topological polar surface area (TPSA) is 17.1 Å². The highest BCUT2D eigenvalue weighted by Crippen LogP contribution is 2.42. The third-order valence-corrected chi connectivity index (χ3v) is 9.43. The van der Waals surface area contributed by atoms with Gasteiger partial charge in [-0.3, -0.25) is 0 Å². The summed E-state index contributed by atoms with van der Waals surface area (Å²) < 4.78 is 14.4. The van der Waals surface area contributed by atoms with Gasteiger partial charge in [-0.2, -0.15) is 0 Å². The molecule has 0 radical (unpaired) electrons. The van der Waals surface area contributed by atoms with Crippen LogP contribution in [0.1, 0.15) is 76.7 Å². The molecule has 3 aromatic rings. The van der Waals surface area contributed by atoms with Crippen LogP contribution >= 0.6 is 7.14 Å². The summed E-state index contributed by atoms with van der Waals surface area (Å²) >= 11 is 0. The lowest BCUT2D eigenvalue weighted by molar-refractivity contribution is 0.556. The molecule has 0 N–H and O–H groups in total. The highest BCUT2D eigenvalue weighted by Gasteiger charge is 2.29. The molecule has 1 nitrogen and oxygen atoms in total. The number of rotatable bonds is 14. The number of hydrogen-bond acceptors (Lipinski definition) is 1. The van der Waals surface area contributed by atoms with E-state index >= 15 is 0 Å². The maximum Gasteiger partial charge on any atom is 0.171 e. The van der Waals surface area contributed by atoms with E-state index in [0.29, 0.717) is 0 Å². The smallest absolute Gasteiger partial charge is 0.171 e. The van der Waals surface area contributed by atoms with E-state index in [-0.39, 0.29) is 0 Å². The average Bonchev–Trinajstić information content (AvgIpc) is 2.86. The van der Waals surface area contributed by atoms with Gasteiger partial charge in [-0.15, -0.1) is 0 Å². The maximum absolute atomic E-state index is 14.4. The Bertz CT molecular complexity index is 888. The van der Waals surface area contributed by atoms with Crippen LogP contribution in [0, 0.1) is 0 Å². The van der Waals surface area contributed by atoms with Crippen molar-refractivity contribution in [3.8, 4) is 0 Å². The van der Waals surface area contributed by atoms with Gasteiger partial charge in [0.15, 0.2) is 7.14 Å². The van der Waals surface area contributed by atoms with Crippen molar-refractivity contribution in [1.82, 2.24) is 0 Å². The maximum atomic E-state index is 14.4. The third-order valence-electron chi connectivity index (χ3n) is 6.36. The molecule has 32 heavy (non-hydrogen) atoms. The van der Waals surface area contributed by atoms with E-state index in [4.69, 9.17) is 0 Å². The Labute approximate surface area is 195 Å². The van der Waals surface area contributed by atoms with Crippen molar-refractivity contribution in [2.75, 3.05) is 0 Å². The Kier molecular flexibility index (Phi) is 10.3. The first-order valence-electron chi connectivity index (χ1n) is 12.6. The zero-order valence-electron chi connectivity index (χ0n) is 19.7. The fourth-order valence-corrected chi connectivity index (χ4v) is 7.06. The lowest BCUT2D eigenvalue weighted by Crippen LogP contribution is -2.24. The van der Waals surface area contributed by atoms with Crippen LogP contribution in [0.15, 0.2) is 84.9 Å².